The number of ether oxygens (including phenoxy) is 1. The van der Waals surface area contributed by atoms with Crippen LogP contribution in [0.3, 0.4) is 0 Å². The third-order valence-corrected chi connectivity index (χ3v) is 6.26. The zero-order valence-electron chi connectivity index (χ0n) is 15.9. The lowest BCUT2D eigenvalue weighted by atomic mass is 9.91. The Morgan fingerprint density at radius 2 is 1.93 bits per heavy atom. The number of para-hydroxylation sites is 1. The van der Waals surface area contributed by atoms with Crippen LogP contribution in [0.1, 0.15) is 49.8 Å². The zero-order valence-corrected chi connectivity index (χ0v) is 15.9. The lowest BCUT2D eigenvalue weighted by molar-refractivity contribution is -0.908. The molecule has 4 heterocycles. The van der Waals surface area contributed by atoms with Gasteiger partial charge in [0.2, 0.25) is 5.72 Å². The Hall–Kier alpha value is -2.40. The first kappa shape index (κ1) is 16.8. The summed E-state index contributed by atoms with van der Waals surface area (Å²) in [5, 5.41) is 7.41. The fourth-order valence-electron chi connectivity index (χ4n) is 4.88. The van der Waals surface area contributed by atoms with E-state index in [1.54, 1.807) is 4.90 Å². The van der Waals surface area contributed by atoms with E-state index >= 15 is 0 Å². The van der Waals surface area contributed by atoms with Gasteiger partial charge in [-0.3, -0.25) is 4.98 Å². The number of rotatable bonds is 3. The number of hydrogen-bond acceptors (Lipinski definition) is 4. The first-order chi connectivity index (χ1) is 13.3. The van der Waals surface area contributed by atoms with Gasteiger partial charge >= 0.3 is 0 Å². The minimum Gasteiger partial charge on any atom is -0.466 e. The van der Waals surface area contributed by atoms with E-state index < -0.39 is 0 Å². The third kappa shape index (κ3) is 2.81. The molecule has 5 heteroatoms. The quantitative estimate of drug-likeness (QED) is 0.911. The lowest BCUT2D eigenvalue weighted by Crippen LogP contribution is -3.14. The van der Waals surface area contributed by atoms with E-state index in [0.29, 0.717) is 0 Å². The highest BCUT2D eigenvalue weighted by Crippen LogP contribution is 2.49. The third-order valence-electron chi connectivity index (χ3n) is 6.26. The van der Waals surface area contributed by atoms with Crippen molar-refractivity contribution in [2.45, 2.75) is 44.4 Å². The van der Waals surface area contributed by atoms with Gasteiger partial charge in [-0.05, 0) is 24.6 Å². The predicted octanol–water partition coefficient (Wildman–Crippen LogP) is 2.41. The van der Waals surface area contributed by atoms with Crippen LogP contribution in [-0.4, -0.2) is 41.1 Å². The Balaban J connectivity index is 1.51. The molecule has 0 radical (unpaired) electrons. The molecule has 0 amide bonds. The van der Waals surface area contributed by atoms with E-state index in [2.05, 4.69) is 53.3 Å². The van der Waals surface area contributed by atoms with Crippen molar-refractivity contribution in [1.82, 2.24) is 9.99 Å². The van der Waals surface area contributed by atoms with Crippen LogP contribution in [0.4, 0.5) is 0 Å². The molecule has 0 saturated carbocycles. The van der Waals surface area contributed by atoms with Crippen LogP contribution in [0.15, 0.2) is 53.9 Å². The summed E-state index contributed by atoms with van der Waals surface area (Å²) in [5.41, 5.74) is 3.27. The molecule has 140 valence electrons. The molecule has 1 saturated heterocycles. The Morgan fingerprint density at radius 3 is 2.70 bits per heavy atom. The molecule has 5 nitrogen and oxygen atoms in total. The molecule has 1 fully saturated rings. The number of fused-ring (bicyclic) bond motifs is 4. The number of benzene rings is 1. The SMILES string of the molecule is CCC[NH+]1CCC2(CC1)Oc1ccccc1[C@@H]1CC(c3ccncc3)=NN12. The number of hydrazone groups is 1. The molecule has 5 rings (SSSR count). The smallest absolute Gasteiger partial charge is 0.208 e. The number of nitrogens with one attached hydrogen (secondary N) is 1. The molecular weight excluding hydrogens is 336 g/mol. The van der Waals surface area contributed by atoms with Crippen molar-refractivity contribution < 1.29 is 9.64 Å². The summed E-state index contributed by atoms with van der Waals surface area (Å²) in [7, 11) is 0. The second kappa shape index (κ2) is 6.64. The number of pyridine rings is 1. The molecule has 2 aromatic rings. The number of likely N-dealkylation sites (tertiary alicyclic amines) is 1. The fourth-order valence-corrected chi connectivity index (χ4v) is 4.88. The number of aromatic nitrogens is 1. The summed E-state index contributed by atoms with van der Waals surface area (Å²) in [4.78, 5) is 5.85. The molecule has 3 aliphatic heterocycles. The summed E-state index contributed by atoms with van der Waals surface area (Å²) < 4.78 is 6.68. The monoisotopic (exact) mass is 363 g/mol. The highest BCUT2D eigenvalue weighted by molar-refractivity contribution is 6.01. The van der Waals surface area contributed by atoms with Crippen molar-refractivity contribution in [1.29, 1.82) is 0 Å². The van der Waals surface area contributed by atoms with Gasteiger partial charge in [0.25, 0.3) is 0 Å². The number of nitrogens with zero attached hydrogens (tertiary/aromatic N) is 3. The first-order valence-electron chi connectivity index (χ1n) is 10.2. The molecule has 3 aliphatic rings. The van der Waals surface area contributed by atoms with Crippen LogP contribution in [0.5, 0.6) is 5.75 Å². The molecule has 0 aliphatic carbocycles. The average molecular weight is 363 g/mol. The molecule has 0 bridgehead atoms. The van der Waals surface area contributed by atoms with Gasteiger partial charge in [-0.15, -0.1) is 0 Å². The highest BCUT2D eigenvalue weighted by atomic mass is 16.5. The summed E-state index contributed by atoms with van der Waals surface area (Å²) >= 11 is 0. The van der Waals surface area contributed by atoms with Gasteiger partial charge in [-0.2, -0.15) is 5.10 Å². The van der Waals surface area contributed by atoms with E-state index in [0.717, 1.165) is 43.8 Å². The largest absolute Gasteiger partial charge is 0.466 e. The van der Waals surface area contributed by atoms with E-state index in [4.69, 9.17) is 9.84 Å². The van der Waals surface area contributed by atoms with Gasteiger partial charge < -0.3 is 9.64 Å². The van der Waals surface area contributed by atoms with Crippen LogP contribution in [0, 0.1) is 0 Å². The van der Waals surface area contributed by atoms with Crippen molar-refractivity contribution in [3.8, 4) is 5.75 Å². The molecule has 1 aromatic heterocycles. The maximum atomic E-state index is 6.68. The van der Waals surface area contributed by atoms with Gasteiger partial charge in [0.05, 0.1) is 44.2 Å². The van der Waals surface area contributed by atoms with Gasteiger partial charge in [-0.25, -0.2) is 5.01 Å². The summed E-state index contributed by atoms with van der Waals surface area (Å²) in [6.45, 7) is 5.83. The first-order valence-corrected chi connectivity index (χ1v) is 10.2. The Labute approximate surface area is 160 Å². The number of quaternary nitrogens is 1. The van der Waals surface area contributed by atoms with Crippen LogP contribution < -0.4 is 9.64 Å². The highest BCUT2D eigenvalue weighted by Gasteiger charge is 2.52. The number of piperidine rings is 1. The second-order valence-corrected chi connectivity index (χ2v) is 7.93. The number of hydrogen-bond donors (Lipinski definition) is 1. The zero-order chi connectivity index (χ0) is 18.3. The van der Waals surface area contributed by atoms with Gasteiger partial charge in [-0.1, -0.05) is 25.1 Å². The van der Waals surface area contributed by atoms with Crippen LogP contribution in [-0.2, 0) is 0 Å². The maximum Gasteiger partial charge on any atom is 0.208 e. The lowest BCUT2D eigenvalue weighted by Gasteiger charge is -2.50. The van der Waals surface area contributed by atoms with E-state index in [1.807, 2.05) is 12.4 Å². The fraction of sp³-hybridized carbons (Fsp3) is 0.455. The van der Waals surface area contributed by atoms with Crippen molar-refractivity contribution in [2.24, 2.45) is 5.10 Å². The topological polar surface area (TPSA) is 42.2 Å². The second-order valence-electron chi connectivity index (χ2n) is 7.93. The predicted molar refractivity (Wildman–Crippen MR) is 105 cm³/mol. The van der Waals surface area contributed by atoms with E-state index in [9.17, 15) is 0 Å². The minimum absolute atomic E-state index is 0.269. The molecule has 1 N–H and O–H groups in total. The van der Waals surface area contributed by atoms with Gasteiger partial charge in [0, 0.05) is 29.9 Å². The Morgan fingerprint density at radius 1 is 1.15 bits per heavy atom. The molecule has 1 aromatic carbocycles. The molecule has 1 spiro atoms. The minimum atomic E-state index is -0.301. The maximum absolute atomic E-state index is 6.68. The van der Waals surface area contributed by atoms with Crippen molar-refractivity contribution in [3.05, 3.63) is 59.9 Å². The molecule has 27 heavy (non-hydrogen) atoms. The van der Waals surface area contributed by atoms with Gasteiger partial charge in [0.1, 0.15) is 5.75 Å². The summed E-state index contributed by atoms with van der Waals surface area (Å²) in [5.74, 6) is 1.05. The van der Waals surface area contributed by atoms with Crippen molar-refractivity contribution in [3.63, 3.8) is 0 Å². The average Bonchev–Trinajstić information content (AvgIpc) is 3.18. The molecule has 0 unspecified atom stereocenters. The van der Waals surface area contributed by atoms with Crippen LogP contribution in [0.25, 0.3) is 0 Å². The summed E-state index contributed by atoms with van der Waals surface area (Å²) in [6.07, 6.45) is 7.92. The van der Waals surface area contributed by atoms with E-state index in [1.165, 1.54) is 24.1 Å². The standard InChI is InChI=1S/C22H26N4O/c1-2-13-25-14-9-22(10-15-25)26-20(18-5-3-4-6-21(18)27-22)16-19(24-26)17-7-11-23-12-8-17/h3-8,11-12,20H,2,9-10,13-16H2,1H3/p+1/t20-/m0/s1. The summed E-state index contributed by atoms with van der Waals surface area (Å²) in [6, 6.07) is 12.9. The van der Waals surface area contributed by atoms with Crippen LogP contribution in [0.2, 0.25) is 0 Å². The molecular formula is C22H27N4O+. The van der Waals surface area contributed by atoms with Crippen LogP contribution >= 0.6 is 0 Å². The Bertz CT molecular complexity index is 842. The van der Waals surface area contributed by atoms with Crippen molar-refractivity contribution >= 4 is 5.71 Å². The Kier molecular flexibility index (Phi) is 4.12. The van der Waals surface area contributed by atoms with Gasteiger partial charge in [0.15, 0.2) is 0 Å². The normalized spacial score (nSPS) is 29.1. The van der Waals surface area contributed by atoms with Crippen molar-refractivity contribution in [2.75, 3.05) is 19.6 Å². The van der Waals surface area contributed by atoms with E-state index in [-0.39, 0.29) is 11.8 Å². The molecule has 1 atom stereocenters.